The highest BCUT2D eigenvalue weighted by Gasteiger charge is 2.12. The van der Waals surface area contributed by atoms with Crippen LogP contribution in [0.3, 0.4) is 0 Å². The average molecular weight is 404 g/mol. The molecule has 0 amide bonds. The molecule has 0 spiro atoms. The first kappa shape index (κ1) is 22.9. The van der Waals surface area contributed by atoms with Crippen LogP contribution in [0.2, 0.25) is 0 Å². The molecule has 5 heteroatoms. The maximum Gasteiger partial charge on any atom is 0.311 e. The lowest BCUT2D eigenvalue weighted by Gasteiger charge is -2.10. The highest BCUT2D eigenvalue weighted by Crippen LogP contribution is 2.29. The zero-order chi connectivity index (χ0) is 21.1. The summed E-state index contributed by atoms with van der Waals surface area (Å²) < 4.78 is 39.1. The third-order valence-electron chi connectivity index (χ3n) is 4.63. The molecular weight excluding hydrogens is 374 g/mol. The SMILES string of the molecule is CCCCCCCCOc1ccc(-c2ccc(OC(=O)CCC)c(F)c2)cc1F. The second kappa shape index (κ2) is 12.2. The first-order valence-corrected chi connectivity index (χ1v) is 10.5. The predicted octanol–water partition coefficient (Wildman–Crippen LogP) is 7.08. The van der Waals surface area contributed by atoms with Crippen LogP contribution in [0.15, 0.2) is 36.4 Å². The van der Waals surface area contributed by atoms with E-state index in [2.05, 4.69) is 6.92 Å². The van der Waals surface area contributed by atoms with E-state index >= 15 is 0 Å². The van der Waals surface area contributed by atoms with Crippen molar-refractivity contribution in [3.8, 4) is 22.6 Å². The molecule has 158 valence electrons. The van der Waals surface area contributed by atoms with Crippen molar-refractivity contribution in [2.24, 2.45) is 0 Å². The molecule has 29 heavy (non-hydrogen) atoms. The van der Waals surface area contributed by atoms with Gasteiger partial charge in [0, 0.05) is 6.42 Å². The summed E-state index contributed by atoms with van der Waals surface area (Å²) in [6.45, 7) is 4.51. The van der Waals surface area contributed by atoms with Crippen LogP contribution >= 0.6 is 0 Å². The Morgan fingerprint density at radius 2 is 1.38 bits per heavy atom. The lowest BCUT2D eigenvalue weighted by molar-refractivity contribution is -0.134. The molecule has 3 nitrogen and oxygen atoms in total. The van der Waals surface area contributed by atoms with Crippen LogP contribution in [0, 0.1) is 11.6 Å². The van der Waals surface area contributed by atoms with Crippen LogP contribution in [-0.4, -0.2) is 12.6 Å². The van der Waals surface area contributed by atoms with Crippen molar-refractivity contribution in [3.05, 3.63) is 48.0 Å². The molecule has 0 aliphatic carbocycles. The highest BCUT2D eigenvalue weighted by molar-refractivity contribution is 5.73. The summed E-state index contributed by atoms with van der Waals surface area (Å²) in [5.41, 5.74) is 1.03. The molecule has 0 saturated carbocycles. The molecule has 0 atom stereocenters. The molecule has 2 aromatic carbocycles. The molecule has 0 aliphatic rings. The lowest BCUT2D eigenvalue weighted by Crippen LogP contribution is -2.08. The number of carbonyl (C=O) groups is 1. The number of benzene rings is 2. The van der Waals surface area contributed by atoms with Gasteiger partial charge >= 0.3 is 5.97 Å². The van der Waals surface area contributed by atoms with Gasteiger partial charge in [-0.25, -0.2) is 8.78 Å². The van der Waals surface area contributed by atoms with E-state index in [1.54, 1.807) is 18.2 Å². The predicted molar refractivity (Wildman–Crippen MR) is 111 cm³/mol. The number of esters is 1. The van der Waals surface area contributed by atoms with E-state index in [0.717, 1.165) is 12.8 Å². The molecule has 0 radical (unpaired) electrons. The standard InChI is InChI=1S/C24H30F2O3/c1-3-5-6-7-8-9-15-28-22-13-11-18(16-20(22)25)19-12-14-23(21(26)17-19)29-24(27)10-4-2/h11-14,16-17H,3-10,15H2,1-2H3. The molecule has 0 N–H and O–H groups in total. The van der Waals surface area contributed by atoms with Gasteiger partial charge in [-0.1, -0.05) is 58.1 Å². The fourth-order valence-corrected chi connectivity index (χ4v) is 3.00. The van der Waals surface area contributed by atoms with Gasteiger partial charge in [-0.2, -0.15) is 0 Å². The maximum atomic E-state index is 14.4. The number of carbonyl (C=O) groups excluding carboxylic acids is 1. The van der Waals surface area contributed by atoms with Crippen LogP contribution < -0.4 is 9.47 Å². The fraction of sp³-hybridized carbons (Fsp3) is 0.458. The molecule has 0 unspecified atom stereocenters. The highest BCUT2D eigenvalue weighted by atomic mass is 19.1. The normalized spacial score (nSPS) is 10.8. The molecular formula is C24H30F2O3. The van der Waals surface area contributed by atoms with Gasteiger partial charge in [0.1, 0.15) is 0 Å². The Kier molecular flexibility index (Phi) is 9.62. The summed E-state index contributed by atoms with van der Waals surface area (Å²) in [4.78, 5) is 11.5. The van der Waals surface area contributed by atoms with Crippen molar-refractivity contribution < 1.29 is 23.0 Å². The Morgan fingerprint density at radius 1 is 0.793 bits per heavy atom. The Hall–Kier alpha value is -2.43. The van der Waals surface area contributed by atoms with Gasteiger partial charge in [0.15, 0.2) is 23.1 Å². The number of hydrogen-bond donors (Lipinski definition) is 0. The van der Waals surface area contributed by atoms with E-state index in [0.29, 0.717) is 24.2 Å². The van der Waals surface area contributed by atoms with Crippen LogP contribution in [0.4, 0.5) is 8.78 Å². The summed E-state index contributed by atoms with van der Waals surface area (Å²) in [6.07, 6.45) is 7.70. The zero-order valence-electron chi connectivity index (χ0n) is 17.3. The number of rotatable bonds is 12. The second-order valence-corrected chi connectivity index (χ2v) is 7.13. The second-order valence-electron chi connectivity index (χ2n) is 7.13. The van der Waals surface area contributed by atoms with Gasteiger partial charge in [-0.05, 0) is 48.2 Å². The van der Waals surface area contributed by atoms with E-state index in [1.165, 1.54) is 43.9 Å². The van der Waals surface area contributed by atoms with E-state index in [9.17, 15) is 13.6 Å². The Balaban J connectivity index is 1.93. The van der Waals surface area contributed by atoms with Crippen LogP contribution in [0.25, 0.3) is 11.1 Å². The zero-order valence-corrected chi connectivity index (χ0v) is 17.3. The number of halogens is 2. The van der Waals surface area contributed by atoms with Crippen molar-refractivity contribution in [2.45, 2.75) is 65.2 Å². The van der Waals surface area contributed by atoms with E-state index in [4.69, 9.17) is 9.47 Å². The summed E-state index contributed by atoms with van der Waals surface area (Å²) in [5.74, 6) is -1.53. The molecule has 0 aromatic heterocycles. The first-order chi connectivity index (χ1) is 14.0. The Morgan fingerprint density at radius 3 is 1.97 bits per heavy atom. The summed E-state index contributed by atoms with van der Waals surface area (Å²) in [6, 6.07) is 8.81. The smallest absolute Gasteiger partial charge is 0.311 e. The van der Waals surface area contributed by atoms with Gasteiger partial charge in [0.05, 0.1) is 6.61 Å². The minimum absolute atomic E-state index is 0.119. The van der Waals surface area contributed by atoms with Crippen LogP contribution in [0.1, 0.15) is 65.2 Å². The van der Waals surface area contributed by atoms with Crippen molar-refractivity contribution in [1.29, 1.82) is 0 Å². The van der Waals surface area contributed by atoms with Crippen LogP contribution in [0.5, 0.6) is 11.5 Å². The van der Waals surface area contributed by atoms with Gasteiger partial charge in [0.25, 0.3) is 0 Å². The Labute approximate surface area is 172 Å². The van der Waals surface area contributed by atoms with Crippen molar-refractivity contribution >= 4 is 5.97 Å². The quantitative estimate of drug-likeness (QED) is 0.215. The third kappa shape index (κ3) is 7.48. The summed E-state index contributed by atoms with van der Waals surface area (Å²) in [5, 5.41) is 0. The van der Waals surface area contributed by atoms with Gasteiger partial charge in [-0.3, -0.25) is 4.79 Å². The maximum absolute atomic E-state index is 14.4. The minimum Gasteiger partial charge on any atom is -0.491 e. The topological polar surface area (TPSA) is 35.5 Å². The molecule has 0 heterocycles. The third-order valence-corrected chi connectivity index (χ3v) is 4.63. The van der Waals surface area contributed by atoms with Crippen molar-refractivity contribution in [1.82, 2.24) is 0 Å². The van der Waals surface area contributed by atoms with Gasteiger partial charge in [-0.15, -0.1) is 0 Å². The average Bonchev–Trinajstić information content (AvgIpc) is 2.70. The molecule has 2 aromatic rings. The number of hydrogen-bond acceptors (Lipinski definition) is 3. The van der Waals surface area contributed by atoms with Gasteiger partial charge in [0.2, 0.25) is 0 Å². The van der Waals surface area contributed by atoms with Gasteiger partial charge < -0.3 is 9.47 Å². The van der Waals surface area contributed by atoms with E-state index < -0.39 is 17.6 Å². The lowest BCUT2D eigenvalue weighted by atomic mass is 10.0. The largest absolute Gasteiger partial charge is 0.491 e. The fourth-order valence-electron chi connectivity index (χ4n) is 3.00. The summed E-state index contributed by atoms with van der Waals surface area (Å²) >= 11 is 0. The van der Waals surface area contributed by atoms with E-state index in [-0.39, 0.29) is 17.9 Å². The molecule has 0 aliphatic heterocycles. The molecule has 0 bridgehead atoms. The number of unbranched alkanes of at least 4 members (excludes halogenated alkanes) is 5. The van der Waals surface area contributed by atoms with E-state index in [1.807, 2.05) is 6.92 Å². The first-order valence-electron chi connectivity index (χ1n) is 10.5. The van der Waals surface area contributed by atoms with Crippen molar-refractivity contribution in [3.63, 3.8) is 0 Å². The number of ether oxygens (including phenoxy) is 2. The van der Waals surface area contributed by atoms with Crippen LogP contribution in [-0.2, 0) is 4.79 Å². The minimum atomic E-state index is -0.657. The molecule has 0 fully saturated rings. The molecule has 2 rings (SSSR count). The Bertz CT molecular complexity index is 790. The van der Waals surface area contributed by atoms with Crippen molar-refractivity contribution in [2.75, 3.05) is 6.61 Å². The summed E-state index contributed by atoms with van der Waals surface area (Å²) in [7, 11) is 0. The molecule has 0 saturated heterocycles. The monoisotopic (exact) mass is 404 g/mol.